The van der Waals surface area contributed by atoms with E-state index in [0.29, 0.717) is 0 Å². The highest BCUT2D eigenvalue weighted by Crippen LogP contribution is 2.48. The number of anilines is 6. The fraction of sp³-hybridized carbons (Fsp3) is 0.119. The van der Waals surface area contributed by atoms with Crippen molar-refractivity contribution in [3.05, 3.63) is 205 Å². The Labute approximate surface area is 436 Å². The summed E-state index contributed by atoms with van der Waals surface area (Å²) < 4.78 is 17.3. The molecule has 356 valence electrons. The van der Waals surface area contributed by atoms with Crippen LogP contribution in [0.5, 0.6) is 0 Å². The van der Waals surface area contributed by atoms with Crippen molar-refractivity contribution < 1.29 is 8.83 Å². The molecule has 0 N–H and O–H groups in total. The summed E-state index contributed by atoms with van der Waals surface area (Å²) in [6.07, 6.45) is 0. The summed E-state index contributed by atoms with van der Waals surface area (Å²) >= 11 is 3.48. The van der Waals surface area contributed by atoms with Crippen LogP contribution in [0.25, 0.3) is 95.0 Å². The van der Waals surface area contributed by atoms with Crippen LogP contribution in [0.1, 0.15) is 58.2 Å². The summed E-state index contributed by atoms with van der Waals surface area (Å²) in [5.74, 6) is 0. The average molecular weight is 992 g/mol. The number of thiophene rings is 2. The maximum Gasteiger partial charge on any atom is 0.137 e. The zero-order valence-corrected chi connectivity index (χ0v) is 43.5. The van der Waals surface area contributed by atoms with Crippen LogP contribution in [0.15, 0.2) is 197 Å². The molecule has 0 saturated carbocycles. The molecular weight excluding hydrogens is 943 g/mol. The van der Waals surface area contributed by atoms with Crippen LogP contribution < -0.4 is 9.80 Å². The topological polar surface area (TPSA) is 56.6 Å². The van der Waals surface area contributed by atoms with Gasteiger partial charge < -0.3 is 18.6 Å². The van der Waals surface area contributed by atoms with Gasteiger partial charge in [0.15, 0.2) is 0 Å². The monoisotopic (exact) mass is 991 g/mol. The molecule has 0 fully saturated rings. The quantitative estimate of drug-likeness (QED) is 0.166. The van der Waals surface area contributed by atoms with Crippen LogP contribution in [0.3, 0.4) is 0 Å². The van der Waals surface area contributed by atoms with Crippen LogP contribution in [0.4, 0.5) is 34.1 Å². The van der Waals surface area contributed by atoms with E-state index in [-0.39, 0.29) is 10.8 Å². The van der Waals surface area contributed by atoms with Crippen molar-refractivity contribution in [2.24, 2.45) is 0 Å². The first-order valence-corrected chi connectivity index (χ1v) is 26.8. The van der Waals surface area contributed by atoms with E-state index >= 15 is 0 Å². The SMILES string of the molecule is CC(C)(C)c1ccc(N(c2ccc3c(c2)oc2ccccc23)c2ccc3c(c2)sc2cc4c(C#N)c5sc6cc(N(c7ccc(C(C)(C)C)cc7)c7ccc8c(c7)oc7ccccc78)ccc6c5cc4cc23)cc1. The first kappa shape index (κ1) is 44.3. The fourth-order valence-electron chi connectivity index (χ4n) is 11.1. The molecule has 0 radical (unpaired) electrons. The Morgan fingerprint density at radius 2 is 0.770 bits per heavy atom. The maximum atomic E-state index is 11.0. The van der Waals surface area contributed by atoms with Gasteiger partial charge >= 0.3 is 0 Å². The number of hydrogen-bond donors (Lipinski definition) is 0. The second kappa shape index (κ2) is 16.3. The van der Waals surface area contributed by atoms with Gasteiger partial charge in [-0.05, 0) is 130 Å². The highest BCUT2D eigenvalue weighted by atomic mass is 32.1. The normalized spacial score (nSPS) is 12.4. The van der Waals surface area contributed by atoms with Crippen molar-refractivity contribution in [3.8, 4) is 6.07 Å². The molecule has 0 spiro atoms. The molecular formula is C67H49N3O2S2. The molecule has 0 atom stereocenters. The lowest BCUT2D eigenvalue weighted by Gasteiger charge is -2.27. The number of rotatable bonds is 6. The van der Waals surface area contributed by atoms with Crippen molar-refractivity contribution in [2.45, 2.75) is 52.4 Å². The van der Waals surface area contributed by atoms with Gasteiger partial charge in [-0.2, -0.15) is 5.26 Å². The molecule has 0 aliphatic heterocycles. The average Bonchev–Trinajstić information content (AvgIpc) is 4.17. The minimum Gasteiger partial charge on any atom is -0.456 e. The second-order valence-corrected chi connectivity index (χ2v) is 23.8. The number of furan rings is 2. The van der Waals surface area contributed by atoms with E-state index in [4.69, 9.17) is 8.83 Å². The first-order chi connectivity index (χ1) is 35.8. The maximum absolute atomic E-state index is 11.0. The predicted molar refractivity (Wildman–Crippen MR) is 316 cm³/mol. The second-order valence-electron chi connectivity index (χ2n) is 21.7. The number of nitriles is 1. The first-order valence-electron chi connectivity index (χ1n) is 25.2. The van der Waals surface area contributed by atoms with Crippen LogP contribution >= 0.6 is 22.7 Å². The van der Waals surface area contributed by atoms with Crippen molar-refractivity contribution in [2.75, 3.05) is 9.80 Å². The third-order valence-electron chi connectivity index (χ3n) is 15.0. The Bertz CT molecular complexity index is 4640. The van der Waals surface area contributed by atoms with Gasteiger partial charge in [-0.25, -0.2) is 0 Å². The molecule has 0 saturated heterocycles. The number of nitrogens with zero attached hydrogens (tertiary/aromatic N) is 3. The summed E-state index contributed by atoms with van der Waals surface area (Å²) in [5, 5.41) is 22.1. The Balaban J connectivity index is 0.881. The van der Waals surface area contributed by atoms with E-state index in [2.05, 4.69) is 221 Å². The van der Waals surface area contributed by atoms with Crippen LogP contribution in [-0.2, 0) is 10.8 Å². The Morgan fingerprint density at radius 1 is 0.365 bits per heavy atom. The van der Waals surface area contributed by atoms with Gasteiger partial charge in [-0.15, -0.1) is 22.7 Å². The molecule has 0 amide bonds. The van der Waals surface area contributed by atoms with Gasteiger partial charge in [0.25, 0.3) is 0 Å². The minimum absolute atomic E-state index is 0.0240. The summed E-state index contributed by atoms with van der Waals surface area (Å²) in [4.78, 5) is 4.65. The third kappa shape index (κ3) is 7.08. The highest BCUT2D eigenvalue weighted by molar-refractivity contribution is 7.26. The van der Waals surface area contributed by atoms with E-state index in [9.17, 15) is 5.26 Å². The lowest BCUT2D eigenvalue weighted by Crippen LogP contribution is -2.13. The molecule has 0 aliphatic carbocycles. The van der Waals surface area contributed by atoms with E-state index in [1.807, 2.05) is 24.3 Å². The molecule has 14 rings (SSSR count). The molecule has 0 unspecified atom stereocenters. The van der Waals surface area contributed by atoms with Crippen LogP contribution in [-0.4, -0.2) is 0 Å². The highest BCUT2D eigenvalue weighted by Gasteiger charge is 2.23. The fourth-order valence-corrected chi connectivity index (χ4v) is 13.5. The van der Waals surface area contributed by atoms with E-state index in [0.717, 1.165) is 119 Å². The summed E-state index contributed by atoms with van der Waals surface area (Å²) in [5.41, 5.74) is 13.1. The van der Waals surface area contributed by atoms with E-state index in [1.54, 1.807) is 22.7 Å². The number of fused-ring (bicyclic) bond motifs is 13. The zero-order chi connectivity index (χ0) is 50.2. The lowest BCUT2D eigenvalue weighted by atomic mass is 9.87. The van der Waals surface area contributed by atoms with Crippen molar-refractivity contribution in [1.29, 1.82) is 5.26 Å². The summed E-state index contributed by atoms with van der Waals surface area (Å²) in [6, 6.07) is 70.5. The van der Waals surface area contributed by atoms with Gasteiger partial charge in [0.1, 0.15) is 28.4 Å². The molecule has 14 aromatic rings. The molecule has 4 heterocycles. The number of benzene rings is 10. The zero-order valence-electron chi connectivity index (χ0n) is 41.9. The van der Waals surface area contributed by atoms with Crippen molar-refractivity contribution in [1.82, 2.24) is 0 Å². The molecule has 10 aromatic carbocycles. The molecule has 7 heteroatoms. The third-order valence-corrected chi connectivity index (χ3v) is 17.3. The smallest absolute Gasteiger partial charge is 0.137 e. The Morgan fingerprint density at radius 3 is 1.27 bits per heavy atom. The van der Waals surface area contributed by atoms with Gasteiger partial charge in [-0.1, -0.05) is 114 Å². The van der Waals surface area contributed by atoms with E-state index < -0.39 is 0 Å². The largest absolute Gasteiger partial charge is 0.456 e. The van der Waals surface area contributed by atoms with Gasteiger partial charge in [0.2, 0.25) is 0 Å². The molecule has 0 aliphatic rings. The molecule has 0 bridgehead atoms. The van der Waals surface area contributed by atoms with Crippen LogP contribution in [0, 0.1) is 11.3 Å². The predicted octanol–water partition coefficient (Wildman–Crippen LogP) is 20.8. The van der Waals surface area contributed by atoms with Gasteiger partial charge in [-0.3, -0.25) is 0 Å². The lowest BCUT2D eigenvalue weighted by molar-refractivity contribution is 0.590. The van der Waals surface area contributed by atoms with Crippen LogP contribution in [0.2, 0.25) is 0 Å². The van der Waals surface area contributed by atoms with E-state index in [1.165, 1.54) is 26.6 Å². The van der Waals surface area contributed by atoms with Crippen molar-refractivity contribution in [3.63, 3.8) is 0 Å². The summed E-state index contributed by atoms with van der Waals surface area (Å²) in [7, 11) is 0. The standard InChI is InChI=1S/C67H49N3O2S2/c1-66(2,3)40-15-19-42(20-16-40)69(44-23-27-50-48-11-7-9-13-58(48)71-60(50)33-44)46-25-29-52-55-31-39-32-56-53-30-26-47(36-63(53)74-65(56)57(38-68)54(39)37-64(55)73-62(52)35-46)70(43-21-17-41(18-22-43)67(4,5)6)45-24-28-51-49-12-8-10-14-59(49)72-61(51)34-45/h7-37H,1-6H3. The minimum atomic E-state index is 0.0240. The molecule has 74 heavy (non-hydrogen) atoms. The summed E-state index contributed by atoms with van der Waals surface area (Å²) in [6.45, 7) is 13.5. The van der Waals surface area contributed by atoms with Crippen molar-refractivity contribution >= 4 is 152 Å². The number of hydrogen-bond acceptors (Lipinski definition) is 7. The number of para-hydroxylation sites is 2. The molecule has 4 aromatic heterocycles. The van der Waals surface area contributed by atoms with Gasteiger partial charge in [0, 0.05) is 109 Å². The Hall–Kier alpha value is -8.41. The molecule has 5 nitrogen and oxygen atoms in total. The van der Waals surface area contributed by atoms with Gasteiger partial charge in [0.05, 0.1) is 10.3 Å². The Kier molecular flexibility index (Phi) is 9.76.